The minimum atomic E-state index is -0.00198. The molecule has 2 amide bonds. The molecule has 0 radical (unpaired) electrons. The first-order chi connectivity index (χ1) is 13.3. The first-order valence-corrected chi connectivity index (χ1v) is 9.98. The predicted molar refractivity (Wildman–Crippen MR) is 110 cm³/mol. The molecule has 28 heavy (non-hydrogen) atoms. The normalized spacial score (nSPS) is 21.6. The van der Waals surface area contributed by atoms with Crippen molar-refractivity contribution in [2.45, 2.75) is 47.1 Å². The molecule has 0 fully saturated rings. The quantitative estimate of drug-likeness (QED) is 0.709. The van der Waals surface area contributed by atoms with Crippen molar-refractivity contribution in [2.75, 3.05) is 6.54 Å². The number of allylic oxidation sites excluding steroid dienone is 1. The van der Waals surface area contributed by atoms with Crippen LogP contribution in [0.25, 0.3) is 0 Å². The van der Waals surface area contributed by atoms with E-state index in [0.717, 1.165) is 12.0 Å². The van der Waals surface area contributed by atoms with E-state index < -0.39 is 0 Å². The van der Waals surface area contributed by atoms with E-state index in [0.29, 0.717) is 42.8 Å². The molecule has 0 aliphatic heterocycles. The van der Waals surface area contributed by atoms with Gasteiger partial charge in [-0.15, -0.1) is 0 Å². The van der Waals surface area contributed by atoms with Gasteiger partial charge in [0.05, 0.1) is 11.6 Å². The van der Waals surface area contributed by atoms with E-state index in [1.807, 2.05) is 12.1 Å². The maximum absolute atomic E-state index is 12.5. The van der Waals surface area contributed by atoms with E-state index in [2.05, 4.69) is 43.6 Å². The summed E-state index contributed by atoms with van der Waals surface area (Å²) in [6.07, 6.45) is 3.70. The van der Waals surface area contributed by atoms with Crippen molar-refractivity contribution in [3.8, 4) is 6.07 Å². The third kappa shape index (κ3) is 6.23. The average Bonchev–Trinajstić information content (AvgIpc) is 2.66. The highest BCUT2D eigenvalue weighted by Gasteiger charge is 2.32. The summed E-state index contributed by atoms with van der Waals surface area (Å²) in [6.45, 7) is 9.19. The highest BCUT2D eigenvalue weighted by atomic mass is 16.2. The highest BCUT2D eigenvalue weighted by molar-refractivity contribution is 5.76. The second-order valence-electron chi connectivity index (χ2n) is 8.14. The molecule has 0 bridgehead atoms. The van der Waals surface area contributed by atoms with E-state index in [4.69, 9.17) is 5.26 Å². The Kier molecular flexibility index (Phi) is 7.80. The number of nitriles is 1. The van der Waals surface area contributed by atoms with Crippen LogP contribution in [0.5, 0.6) is 0 Å². The summed E-state index contributed by atoms with van der Waals surface area (Å²) in [5.41, 5.74) is 2.84. The van der Waals surface area contributed by atoms with Gasteiger partial charge in [0, 0.05) is 26.4 Å². The van der Waals surface area contributed by atoms with Crippen LogP contribution in [-0.4, -0.2) is 18.4 Å². The van der Waals surface area contributed by atoms with Gasteiger partial charge in [-0.3, -0.25) is 9.59 Å². The van der Waals surface area contributed by atoms with E-state index in [-0.39, 0.29) is 17.7 Å². The lowest BCUT2D eigenvalue weighted by Gasteiger charge is -2.37. The molecule has 150 valence electrons. The summed E-state index contributed by atoms with van der Waals surface area (Å²) >= 11 is 0. The number of hydrogen-bond donors (Lipinski definition) is 2. The molecule has 0 saturated heterocycles. The van der Waals surface area contributed by atoms with Crippen molar-refractivity contribution in [1.82, 2.24) is 10.6 Å². The monoisotopic (exact) mass is 381 g/mol. The topological polar surface area (TPSA) is 82.0 Å². The molecule has 5 heteroatoms. The molecule has 0 spiro atoms. The number of nitrogens with one attached hydrogen (secondary N) is 2. The molecule has 2 rings (SSSR count). The molecule has 2 N–H and O–H groups in total. The van der Waals surface area contributed by atoms with Crippen molar-refractivity contribution in [1.29, 1.82) is 5.26 Å². The molecule has 0 aromatic heterocycles. The summed E-state index contributed by atoms with van der Waals surface area (Å²) in [4.78, 5) is 23.8. The average molecular weight is 382 g/mol. The van der Waals surface area contributed by atoms with Gasteiger partial charge < -0.3 is 10.6 Å². The summed E-state index contributed by atoms with van der Waals surface area (Å²) < 4.78 is 0. The zero-order valence-corrected chi connectivity index (χ0v) is 17.3. The number of benzene rings is 1. The van der Waals surface area contributed by atoms with Crippen LogP contribution in [0.3, 0.4) is 0 Å². The third-order valence-electron chi connectivity index (χ3n) is 5.68. The number of rotatable bonds is 7. The predicted octanol–water partition coefficient (Wildman–Crippen LogP) is 3.56. The van der Waals surface area contributed by atoms with Crippen LogP contribution in [0.2, 0.25) is 0 Å². The SMILES string of the molecule is CC(=O)NC[C@@H]1C=C(C)[C@H](CC(=O)NCc2ccc(C#N)cc2)C[C@H]1C(C)C. The van der Waals surface area contributed by atoms with E-state index in [1.54, 1.807) is 19.1 Å². The minimum Gasteiger partial charge on any atom is -0.356 e. The van der Waals surface area contributed by atoms with Crippen molar-refractivity contribution in [2.24, 2.45) is 23.7 Å². The molecule has 1 aromatic carbocycles. The van der Waals surface area contributed by atoms with Crippen LogP contribution in [0.1, 0.15) is 51.7 Å². The van der Waals surface area contributed by atoms with Gasteiger partial charge in [-0.2, -0.15) is 5.26 Å². The lowest BCUT2D eigenvalue weighted by Crippen LogP contribution is -2.37. The Hall–Kier alpha value is -2.61. The lowest BCUT2D eigenvalue weighted by atomic mass is 9.69. The van der Waals surface area contributed by atoms with Crippen molar-refractivity contribution >= 4 is 11.8 Å². The highest BCUT2D eigenvalue weighted by Crippen LogP contribution is 2.38. The van der Waals surface area contributed by atoms with Gasteiger partial charge >= 0.3 is 0 Å². The Morgan fingerprint density at radius 1 is 1.21 bits per heavy atom. The molecule has 0 heterocycles. The number of nitrogens with zero attached hydrogens (tertiary/aromatic N) is 1. The molecule has 0 saturated carbocycles. The first-order valence-electron chi connectivity index (χ1n) is 9.98. The Morgan fingerprint density at radius 2 is 1.89 bits per heavy atom. The Morgan fingerprint density at radius 3 is 2.46 bits per heavy atom. The molecule has 1 aliphatic rings. The second-order valence-corrected chi connectivity index (χ2v) is 8.14. The number of amides is 2. The Balaban J connectivity index is 1.94. The fourth-order valence-corrected chi connectivity index (χ4v) is 3.96. The summed E-state index contributed by atoms with van der Waals surface area (Å²) in [5.74, 6) is 1.55. The van der Waals surface area contributed by atoms with Gasteiger partial charge in [0.1, 0.15) is 0 Å². The van der Waals surface area contributed by atoms with Gasteiger partial charge in [0.25, 0.3) is 0 Å². The number of carbonyl (C=O) groups excluding carboxylic acids is 2. The molecular formula is C23H31N3O2. The molecule has 1 aromatic rings. The number of carbonyl (C=O) groups is 2. The van der Waals surface area contributed by atoms with Gasteiger partial charge in [-0.05, 0) is 54.7 Å². The van der Waals surface area contributed by atoms with E-state index in [9.17, 15) is 9.59 Å². The van der Waals surface area contributed by atoms with Crippen molar-refractivity contribution in [3.05, 3.63) is 47.0 Å². The van der Waals surface area contributed by atoms with Gasteiger partial charge in [-0.1, -0.05) is 37.6 Å². The standard InChI is InChI=1S/C23H31N3O2/c1-15(2)22-10-20(16(3)9-21(22)14-25-17(4)27)11-23(28)26-13-19-7-5-18(12-24)6-8-19/h5-9,15,20-22H,10-11,13-14H2,1-4H3,(H,25,27)(H,26,28)/t20-,21-,22-/m0/s1. The van der Waals surface area contributed by atoms with Gasteiger partial charge in [-0.25, -0.2) is 0 Å². The van der Waals surface area contributed by atoms with E-state index >= 15 is 0 Å². The van der Waals surface area contributed by atoms with E-state index in [1.165, 1.54) is 5.57 Å². The van der Waals surface area contributed by atoms with Gasteiger partial charge in [0.15, 0.2) is 0 Å². The lowest BCUT2D eigenvalue weighted by molar-refractivity contribution is -0.122. The van der Waals surface area contributed by atoms with Gasteiger partial charge in [0.2, 0.25) is 11.8 Å². The van der Waals surface area contributed by atoms with Crippen LogP contribution in [0, 0.1) is 35.0 Å². The van der Waals surface area contributed by atoms with Crippen LogP contribution in [0.4, 0.5) is 0 Å². The molecular weight excluding hydrogens is 350 g/mol. The molecule has 5 nitrogen and oxygen atoms in total. The first kappa shape index (κ1) is 21.7. The largest absolute Gasteiger partial charge is 0.356 e. The fraction of sp³-hybridized carbons (Fsp3) is 0.522. The van der Waals surface area contributed by atoms with Crippen LogP contribution in [0.15, 0.2) is 35.9 Å². The molecule has 3 atom stereocenters. The number of hydrogen-bond acceptors (Lipinski definition) is 3. The smallest absolute Gasteiger partial charge is 0.220 e. The Labute approximate surface area is 168 Å². The fourth-order valence-electron chi connectivity index (χ4n) is 3.96. The summed E-state index contributed by atoms with van der Waals surface area (Å²) in [7, 11) is 0. The molecule has 0 unspecified atom stereocenters. The molecule has 1 aliphatic carbocycles. The van der Waals surface area contributed by atoms with Crippen molar-refractivity contribution in [3.63, 3.8) is 0 Å². The minimum absolute atomic E-state index is 0.00198. The van der Waals surface area contributed by atoms with Crippen molar-refractivity contribution < 1.29 is 9.59 Å². The zero-order chi connectivity index (χ0) is 20.7. The van der Waals surface area contributed by atoms with Crippen LogP contribution in [-0.2, 0) is 16.1 Å². The zero-order valence-electron chi connectivity index (χ0n) is 17.3. The third-order valence-corrected chi connectivity index (χ3v) is 5.68. The maximum Gasteiger partial charge on any atom is 0.220 e. The second kappa shape index (κ2) is 10.1. The summed E-state index contributed by atoms with van der Waals surface area (Å²) in [6, 6.07) is 9.35. The van der Waals surface area contributed by atoms with Crippen LogP contribution < -0.4 is 10.6 Å². The van der Waals surface area contributed by atoms with Crippen LogP contribution >= 0.6 is 0 Å². The summed E-state index contributed by atoms with van der Waals surface area (Å²) in [5, 5.41) is 14.8. The maximum atomic E-state index is 12.5. The Bertz CT molecular complexity index is 759.